The van der Waals surface area contributed by atoms with E-state index in [0.29, 0.717) is 26.1 Å². The Morgan fingerprint density at radius 2 is 1.84 bits per heavy atom. The predicted octanol–water partition coefficient (Wildman–Crippen LogP) is 1.84. The molecule has 0 spiro atoms. The average Bonchev–Trinajstić information content (AvgIpc) is 3.05. The molecule has 1 aliphatic heterocycles. The van der Waals surface area contributed by atoms with E-state index in [2.05, 4.69) is 10.00 Å². The van der Waals surface area contributed by atoms with E-state index in [4.69, 9.17) is 0 Å². The number of carbonyl (C=O) groups excluding carboxylic acids is 1. The lowest BCUT2D eigenvalue weighted by Crippen LogP contribution is -2.49. The molecule has 0 atom stereocenters. The molecule has 8 nitrogen and oxygen atoms in total. The van der Waals surface area contributed by atoms with Gasteiger partial charge in [-0.05, 0) is 25.1 Å². The Bertz CT molecular complexity index is 748. The van der Waals surface area contributed by atoms with Gasteiger partial charge in [0.15, 0.2) is 0 Å². The summed E-state index contributed by atoms with van der Waals surface area (Å²) in [5, 5.41) is 15.0. The largest absolute Gasteiger partial charge is 0.368 e. The van der Waals surface area contributed by atoms with Crippen molar-refractivity contribution in [1.29, 1.82) is 0 Å². The molecule has 1 aromatic carbocycles. The van der Waals surface area contributed by atoms with Crippen LogP contribution in [0.15, 0.2) is 36.5 Å². The summed E-state index contributed by atoms with van der Waals surface area (Å²) in [4.78, 5) is 26.7. The fraction of sp³-hybridized carbons (Fsp3) is 0.412. The van der Waals surface area contributed by atoms with Gasteiger partial charge >= 0.3 is 0 Å². The van der Waals surface area contributed by atoms with Crippen molar-refractivity contribution in [3.8, 4) is 0 Å². The van der Waals surface area contributed by atoms with Crippen LogP contribution in [0.5, 0.6) is 0 Å². The highest BCUT2D eigenvalue weighted by atomic mass is 16.6. The zero-order valence-corrected chi connectivity index (χ0v) is 14.2. The molecule has 132 valence electrons. The summed E-state index contributed by atoms with van der Waals surface area (Å²) < 4.78 is 1.79. The minimum atomic E-state index is -0.401. The zero-order valence-electron chi connectivity index (χ0n) is 14.2. The number of aromatic nitrogens is 2. The van der Waals surface area contributed by atoms with Gasteiger partial charge in [-0.15, -0.1) is 0 Å². The number of hydrogen-bond donors (Lipinski definition) is 0. The van der Waals surface area contributed by atoms with Gasteiger partial charge in [0.2, 0.25) is 5.91 Å². The lowest BCUT2D eigenvalue weighted by molar-refractivity contribution is -0.384. The van der Waals surface area contributed by atoms with Crippen LogP contribution >= 0.6 is 0 Å². The molecular weight excluding hydrogens is 322 g/mol. The van der Waals surface area contributed by atoms with Crippen molar-refractivity contribution in [2.75, 3.05) is 31.1 Å². The number of carbonyl (C=O) groups is 1. The minimum Gasteiger partial charge on any atom is -0.368 e. The van der Waals surface area contributed by atoms with E-state index in [1.165, 1.54) is 12.1 Å². The predicted molar refractivity (Wildman–Crippen MR) is 93.5 cm³/mol. The molecule has 1 saturated heterocycles. The van der Waals surface area contributed by atoms with Gasteiger partial charge in [0.05, 0.1) is 10.6 Å². The molecule has 0 bridgehead atoms. The highest BCUT2D eigenvalue weighted by Crippen LogP contribution is 2.20. The Morgan fingerprint density at radius 3 is 2.40 bits per heavy atom. The van der Waals surface area contributed by atoms with Crippen LogP contribution in [-0.4, -0.2) is 51.7 Å². The first-order chi connectivity index (χ1) is 12.0. The Labute approximate surface area is 145 Å². The third kappa shape index (κ3) is 4.14. The smallest absolute Gasteiger partial charge is 0.269 e. The highest BCUT2D eigenvalue weighted by Gasteiger charge is 2.21. The summed E-state index contributed by atoms with van der Waals surface area (Å²) in [5.74, 6) is 0.136. The summed E-state index contributed by atoms with van der Waals surface area (Å²) in [6, 6.07) is 8.47. The third-order valence-electron chi connectivity index (χ3n) is 4.39. The van der Waals surface area contributed by atoms with E-state index in [1.54, 1.807) is 16.8 Å². The Balaban J connectivity index is 1.49. The molecule has 0 aliphatic carbocycles. The molecule has 3 rings (SSSR count). The van der Waals surface area contributed by atoms with Gasteiger partial charge in [-0.3, -0.25) is 19.6 Å². The number of aryl methyl sites for hydroxylation is 2. The van der Waals surface area contributed by atoms with Crippen molar-refractivity contribution in [3.63, 3.8) is 0 Å². The van der Waals surface area contributed by atoms with Gasteiger partial charge in [-0.1, -0.05) is 0 Å². The SMILES string of the molecule is Cc1ccn(CCC(=O)N2CCN(c3ccc([N+](=O)[O-])cc3)CC2)n1. The van der Waals surface area contributed by atoms with Crippen molar-refractivity contribution in [2.24, 2.45) is 0 Å². The minimum absolute atomic E-state index is 0.0893. The Hall–Kier alpha value is -2.90. The summed E-state index contributed by atoms with van der Waals surface area (Å²) in [6.45, 7) is 5.29. The number of nitro groups is 1. The van der Waals surface area contributed by atoms with Gasteiger partial charge in [0.1, 0.15) is 0 Å². The molecule has 25 heavy (non-hydrogen) atoms. The van der Waals surface area contributed by atoms with E-state index in [0.717, 1.165) is 24.5 Å². The molecule has 1 fully saturated rings. The topological polar surface area (TPSA) is 84.5 Å². The normalized spacial score (nSPS) is 14.6. The van der Waals surface area contributed by atoms with E-state index in [1.807, 2.05) is 24.1 Å². The Morgan fingerprint density at radius 1 is 1.16 bits per heavy atom. The number of non-ortho nitro benzene ring substituents is 1. The molecular formula is C17H21N5O3. The van der Waals surface area contributed by atoms with Crippen molar-refractivity contribution in [2.45, 2.75) is 19.9 Å². The fourth-order valence-electron chi connectivity index (χ4n) is 2.96. The summed E-state index contributed by atoms with van der Waals surface area (Å²) >= 11 is 0. The number of rotatable bonds is 5. The van der Waals surface area contributed by atoms with Crippen LogP contribution < -0.4 is 4.90 Å². The van der Waals surface area contributed by atoms with E-state index in [9.17, 15) is 14.9 Å². The number of anilines is 1. The molecule has 0 unspecified atom stereocenters. The van der Waals surface area contributed by atoms with Crippen molar-refractivity contribution < 1.29 is 9.72 Å². The second kappa shape index (κ2) is 7.33. The quantitative estimate of drug-likeness (QED) is 0.611. The number of nitro benzene ring substituents is 1. The van der Waals surface area contributed by atoms with E-state index < -0.39 is 4.92 Å². The van der Waals surface area contributed by atoms with Crippen LogP contribution in [0.4, 0.5) is 11.4 Å². The van der Waals surface area contributed by atoms with Crippen LogP contribution in [-0.2, 0) is 11.3 Å². The first-order valence-electron chi connectivity index (χ1n) is 8.30. The standard InChI is InChI=1S/C17H21N5O3/c1-14-6-8-21(18-14)9-7-17(23)20-12-10-19(11-13-20)15-2-4-16(5-3-15)22(24)25/h2-6,8H,7,9-13H2,1H3. The molecule has 1 amide bonds. The fourth-order valence-corrected chi connectivity index (χ4v) is 2.96. The number of hydrogen-bond acceptors (Lipinski definition) is 5. The lowest BCUT2D eigenvalue weighted by atomic mass is 10.2. The molecule has 0 radical (unpaired) electrons. The van der Waals surface area contributed by atoms with Gasteiger partial charge < -0.3 is 9.80 Å². The van der Waals surface area contributed by atoms with Crippen LogP contribution in [0.2, 0.25) is 0 Å². The summed E-state index contributed by atoms with van der Waals surface area (Å²) in [6.07, 6.45) is 2.33. The number of benzene rings is 1. The van der Waals surface area contributed by atoms with Crippen molar-refractivity contribution in [1.82, 2.24) is 14.7 Å². The second-order valence-corrected chi connectivity index (χ2v) is 6.11. The lowest BCUT2D eigenvalue weighted by Gasteiger charge is -2.36. The molecule has 1 aliphatic rings. The molecule has 8 heteroatoms. The van der Waals surface area contributed by atoms with E-state index in [-0.39, 0.29) is 11.6 Å². The molecule has 0 N–H and O–H groups in total. The molecule has 0 saturated carbocycles. The first-order valence-corrected chi connectivity index (χ1v) is 8.30. The maximum Gasteiger partial charge on any atom is 0.269 e. The van der Waals surface area contributed by atoms with Crippen LogP contribution in [0, 0.1) is 17.0 Å². The van der Waals surface area contributed by atoms with Crippen LogP contribution in [0.3, 0.4) is 0 Å². The maximum absolute atomic E-state index is 12.3. The van der Waals surface area contributed by atoms with E-state index >= 15 is 0 Å². The van der Waals surface area contributed by atoms with Gasteiger partial charge in [-0.2, -0.15) is 5.10 Å². The molecule has 2 heterocycles. The van der Waals surface area contributed by atoms with Gasteiger partial charge in [0.25, 0.3) is 5.69 Å². The monoisotopic (exact) mass is 343 g/mol. The second-order valence-electron chi connectivity index (χ2n) is 6.11. The number of piperazine rings is 1. The average molecular weight is 343 g/mol. The molecule has 2 aromatic rings. The number of nitrogens with zero attached hydrogens (tertiary/aromatic N) is 5. The molecule has 1 aromatic heterocycles. The zero-order chi connectivity index (χ0) is 17.8. The van der Waals surface area contributed by atoms with Gasteiger partial charge in [0, 0.05) is 63.2 Å². The summed E-state index contributed by atoms with van der Waals surface area (Å²) in [5.41, 5.74) is 1.99. The van der Waals surface area contributed by atoms with Crippen LogP contribution in [0.25, 0.3) is 0 Å². The van der Waals surface area contributed by atoms with Crippen molar-refractivity contribution >= 4 is 17.3 Å². The Kier molecular flexibility index (Phi) is 4.97. The first kappa shape index (κ1) is 16.9. The van der Waals surface area contributed by atoms with Crippen molar-refractivity contribution in [3.05, 3.63) is 52.3 Å². The van der Waals surface area contributed by atoms with Crippen LogP contribution in [0.1, 0.15) is 12.1 Å². The summed E-state index contributed by atoms with van der Waals surface area (Å²) in [7, 11) is 0. The van der Waals surface area contributed by atoms with Gasteiger partial charge in [-0.25, -0.2) is 0 Å². The third-order valence-corrected chi connectivity index (χ3v) is 4.39. The number of amides is 1. The maximum atomic E-state index is 12.3. The highest BCUT2D eigenvalue weighted by molar-refractivity contribution is 5.76.